The predicted octanol–water partition coefficient (Wildman–Crippen LogP) is 1.23. The highest BCUT2D eigenvalue weighted by molar-refractivity contribution is 7.85. The van der Waals surface area contributed by atoms with Gasteiger partial charge in [0.15, 0.2) is 0 Å². The quantitative estimate of drug-likeness (QED) is 0.268. The normalized spacial score (nSPS) is 18.7. The van der Waals surface area contributed by atoms with Crippen molar-refractivity contribution in [2.45, 2.75) is 83.3 Å². The maximum absolute atomic E-state index is 12.6. The summed E-state index contributed by atoms with van der Waals surface area (Å²) in [6.45, 7) is 9.61. The zero-order valence-electron chi connectivity index (χ0n) is 21.4. The zero-order chi connectivity index (χ0) is 27.9. The third kappa shape index (κ3) is 9.49. The molecule has 0 heterocycles. The Morgan fingerprint density at radius 2 is 1.56 bits per heavy atom. The molecule has 1 aliphatic rings. The first-order chi connectivity index (χ1) is 16.4. The topological polar surface area (TPSA) is 196 Å². The van der Waals surface area contributed by atoms with E-state index >= 15 is 0 Å². The highest BCUT2D eigenvalue weighted by atomic mass is 32.2. The molecule has 204 valence electrons. The van der Waals surface area contributed by atoms with Crippen molar-refractivity contribution in [3.63, 3.8) is 0 Å². The third-order valence-electron chi connectivity index (χ3n) is 6.36. The molecule has 1 fully saturated rings. The summed E-state index contributed by atoms with van der Waals surface area (Å²) in [6, 6.07) is 3.43. The monoisotopic (exact) mass is 529 g/mol. The van der Waals surface area contributed by atoms with E-state index in [9.17, 15) is 27.9 Å². The largest absolute Gasteiger partial charge is 0.481 e. The zero-order valence-corrected chi connectivity index (χ0v) is 22.3. The first-order valence-electron chi connectivity index (χ1n) is 11.6. The van der Waals surface area contributed by atoms with E-state index in [1.807, 2.05) is 6.92 Å². The second-order valence-corrected chi connectivity index (χ2v) is 11.9. The molecule has 0 unspecified atom stereocenters. The highest BCUT2D eigenvalue weighted by Gasteiger charge is 2.45. The van der Waals surface area contributed by atoms with E-state index in [2.05, 4.69) is 38.3 Å². The maximum Gasteiger partial charge on any atom is 0.305 e. The number of nitrogens with two attached hydrogens (primary N) is 1. The fraction of sp³-hybridized carbons (Fsp3) is 0.625. The van der Waals surface area contributed by atoms with Crippen LogP contribution in [0.1, 0.15) is 58.9 Å². The Balaban J connectivity index is 0.000000488. The lowest BCUT2D eigenvalue weighted by atomic mass is 9.61. The minimum absolute atomic E-state index is 0.0666. The van der Waals surface area contributed by atoms with E-state index in [1.54, 1.807) is 12.1 Å². The van der Waals surface area contributed by atoms with Crippen LogP contribution in [0.2, 0.25) is 0 Å². The Morgan fingerprint density at radius 1 is 1.06 bits per heavy atom. The molecule has 1 saturated carbocycles. The van der Waals surface area contributed by atoms with Gasteiger partial charge in [-0.15, -0.1) is 0 Å². The summed E-state index contributed by atoms with van der Waals surface area (Å²) in [5.41, 5.74) is 6.22. The molecular weight excluding hydrogens is 490 g/mol. The van der Waals surface area contributed by atoms with Crippen LogP contribution in [0.4, 0.5) is 0 Å². The lowest BCUT2D eigenvalue weighted by molar-refractivity contribution is -0.140. The van der Waals surface area contributed by atoms with Crippen LogP contribution in [0.3, 0.4) is 0 Å². The Morgan fingerprint density at radius 3 is 1.97 bits per heavy atom. The number of aliphatic carboxylic acids is 1. The minimum Gasteiger partial charge on any atom is -0.481 e. The molecule has 1 aromatic carbocycles. The van der Waals surface area contributed by atoms with E-state index in [-0.39, 0.29) is 21.8 Å². The van der Waals surface area contributed by atoms with Crippen LogP contribution < -0.4 is 16.4 Å². The summed E-state index contributed by atoms with van der Waals surface area (Å²) < 4.78 is 29.6. The molecule has 0 aliphatic heterocycles. The second kappa shape index (κ2) is 12.6. The van der Waals surface area contributed by atoms with Crippen molar-refractivity contribution in [3.05, 3.63) is 29.8 Å². The number of carbonyl (C=O) groups is 3. The summed E-state index contributed by atoms with van der Waals surface area (Å²) in [4.78, 5) is 35.0. The van der Waals surface area contributed by atoms with Crippen molar-refractivity contribution in [1.29, 1.82) is 0 Å². The number of aryl methyl sites for hydroxylation is 1. The van der Waals surface area contributed by atoms with Gasteiger partial charge in [0, 0.05) is 6.04 Å². The molecule has 0 radical (unpaired) electrons. The number of amides is 2. The van der Waals surface area contributed by atoms with Crippen molar-refractivity contribution in [2.75, 3.05) is 6.61 Å². The van der Waals surface area contributed by atoms with Crippen molar-refractivity contribution in [3.8, 4) is 0 Å². The van der Waals surface area contributed by atoms with Crippen LogP contribution in [-0.2, 0) is 24.5 Å². The van der Waals surface area contributed by atoms with Gasteiger partial charge in [-0.1, -0.05) is 51.8 Å². The van der Waals surface area contributed by atoms with Crippen molar-refractivity contribution in [2.24, 2.45) is 16.6 Å². The van der Waals surface area contributed by atoms with Crippen molar-refractivity contribution < 1.29 is 37.6 Å². The van der Waals surface area contributed by atoms with Crippen LogP contribution >= 0.6 is 0 Å². The maximum atomic E-state index is 12.6. The average molecular weight is 530 g/mol. The number of carboxylic acids is 1. The van der Waals surface area contributed by atoms with Gasteiger partial charge in [0.2, 0.25) is 11.8 Å². The highest BCUT2D eigenvalue weighted by Crippen LogP contribution is 2.45. The standard InChI is InChI=1S/C17H31N3O5.C7H8O3S/c1-16(2)6-5-7-17(3,4)15(16)20-14(25)11(9-21)19-13(24)10(18)8-12(22)23;1-6-2-4-7(5-3-6)11(8,9)10/h10-11,15,21H,5-9,18H2,1-4H3,(H,19,24)(H,20,25)(H,22,23);2-5H,1H3,(H,8,9,10)/t10-,11+;/m0./s1. The SMILES string of the molecule is CC1(C)CCCC(C)(C)C1NC(=O)[C@@H](CO)NC(=O)[C@@H](N)CC(=O)O.Cc1ccc(S(=O)(=O)O)cc1. The molecular formula is C24H39N3O8S. The molecule has 36 heavy (non-hydrogen) atoms. The van der Waals surface area contributed by atoms with Gasteiger partial charge in [-0.25, -0.2) is 0 Å². The summed E-state index contributed by atoms with van der Waals surface area (Å²) in [7, 11) is -4.02. The fourth-order valence-corrected chi connectivity index (χ4v) is 4.92. The summed E-state index contributed by atoms with van der Waals surface area (Å²) in [5.74, 6) is -2.48. The lowest BCUT2D eigenvalue weighted by Gasteiger charge is -2.49. The number of nitrogens with one attached hydrogen (secondary N) is 2. The van der Waals surface area contributed by atoms with Crippen LogP contribution in [0.15, 0.2) is 29.2 Å². The van der Waals surface area contributed by atoms with Crippen LogP contribution in [0, 0.1) is 17.8 Å². The Hall–Kier alpha value is -2.54. The molecule has 7 N–H and O–H groups in total. The molecule has 2 rings (SSSR count). The molecule has 0 saturated heterocycles. The van der Waals surface area contributed by atoms with Crippen LogP contribution in [0.5, 0.6) is 0 Å². The van der Waals surface area contributed by atoms with E-state index in [4.69, 9.17) is 15.4 Å². The van der Waals surface area contributed by atoms with Crippen LogP contribution in [-0.4, -0.2) is 65.7 Å². The number of carboxylic acid groups (broad SMARTS) is 1. The van der Waals surface area contributed by atoms with Gasteiger partial charge in [-0.05, 0) is 42.7 Å². The summed E-state index contributed by atoms with van der Waals surface area (Å²) in [6.07, 6.45) is 2.48. The van der Waals surface area contributed by atoms with Gasteiger partial charge < -0.3 is 26.6 Å². The molecule has 0 aromatic heterocycles. The minimum atomic E-state index is -4.02. The number of hydrogen-bond donors (Lipinski definition) is 6. The van der Waals surface area contributed by atoms with E-state index in [0.717, 1.165) is 24.8 Å². The second-order valence-electron chi connectivity index (χ2n) is 10.5. The first-order valence-corrected chi connectivity index (χ1v) is 13.1. The van der Waals surface area contributed by atoms with E-state index < -0.39 is 53.0 Å². The fourth-order valence-electron chi connectivity index (χ4n) is 4.44. The molecule has 1 aromatic rings. The van der Waals surface area contributed by atoms with E-state index in [1.165, 1.54) is 12.1 Å². The average Bonchev–Trinajstić information content (AvgIpc) is 2.73. The smallest absolute Gasteiger partial charge is 0.305 e. The first kappa shape index (κ1) is 31.5. The van der Waals surface area contributed by atoms with Crippen molar-refractivity contribution >= 4 is 27.9 Å². The van der Waals surface area contributed by atoms with E-state index in [0.29, 0.717) is 0 Å². The Labute approximate surface area is 212 Å². The van der Waals surface area contributed by atoms with Gasteiger partial charge in [0.25, 0.3) is 10.1 Å². The van der Waals surface area contributed by atoms with Gasteiger partial charge in [-0.3, -0.25) is 18.9 Å². The number of rotatable bonds is 8. The molecule has 2 atom stereocenters. The van der Waals surface area contributed by atoms with Crippen LogP contribution in [0.25, 0.3) is 0 Å². The Kier molecular flexibility index (Phi) is 11.0. The molecule has 1 aliphatic carbocycles. The lowest BCUT2D eigenvalue weighted by Crippen LogP contribution is -2.61. The number of aliphatic hydroxyl groups excluding tert-OH is 1. The Bertz CT molecular complexity index is 1010. The predicted molar refractivity (Wildman–Crippen MR) is 134 cm³/mol. The summed E-state index contributed by atoms with van der Waals surface area (Å²) >= 11 is 0. The number of benzene rings is 1. The van der Waals surface area contributed by atoms with Gasteiger partial charge in [-0.2, -0.15) is 8.42 Å². The third-order valence-corrected chi connectivity index (χ3v) is 7.23. The number of carbonyl (C=O) groups excluding carboxylic acids is 2. The molecule has 12 heteroatoms. The molecule has 0 spiro atoms. The van der Waals surface area contributed by atoms with Gasteiger partial charge in [0.1, 0.15) is 6.04 Å². The molecule has 0 bridgehead atoms. The van der Waals surface area contributed by atoms with Crippen molar-refractivity contribution in [1.82, 2.24) is 10.6 Å². The number of aliphatic hydroxyl groups is 1. The summed E-state index contributed by atoms with van der Waals surface area (Å²) in [5, 5.41) is 23.4. The molecule has 11 nitrogen and oxygen atoms in total. The van der Waals surface area contributed by atoms with Gasteiger partial charge in [0.05, 0.1) is 24.0 Å². The molecule has 2 amide bonds. The number of hydrogen-bond acceptors (Lipinski definition) is 7. The van der Waals surface area contributed by atoms with Gasteiger partial charge >= 0.3 is 5.97 Å².